The molecular formula is C8H15N. The Morgan fingerprint density at radius 1 is 1.44 bits per heavy atom. The van der Waals surface area contributed by atoms with Crippen LogP contribution in [0.2, 0.25) is 0 Å². The lowest BCUT2D eigenvalue weighted by Crippen LogP contribution is -2.06. The SMILES string of the molecule is CCCCC(C)(C)C#N. The van der Waals surface area contributed by atoms with Crippen LogP contribution in [0.25, 0.3) is 0 Å². The van der Waals surface area contributed by atoms with E-state index in [1.54, 1.807) is 0 Å². The third kappa shape index (κ3) is 4.02. The summed E-state index contributed by atoms with van der Waals surface area (Å²) in [6.45, 7) is 6.12. The molecule has 0 aliphatic rings. The van der Waals surface area contributed by atoms with Crippen molar-refractivity contribution in [1.29, 1.82) is 5.26 Å². The third-order valence-corrected chi connectivity index (χ3v) is 1.46. The van der Waals surface area contributed by atoms with E-state index < -0.39 is 0 Å². The van der Waals surface area contributed by atoms with Crippen molar-refractivity contribution in [2.45, 2.75) is 40.0 Å². The molecule has 0 aliphatic heterocycles. The zero-order valence-electron chi connectivity index (χ0n) is 6.57. The summed E-state index contributed by atoms with van der Waals surface area (Å²) in [6, 6.07) is 2.28. The quantitative estimate of drug-likeness (QED) is 0.569. The summed E-state index contributed by atoms with van der Waals surface area (Å²) < 4.78 is 0. The van der Waals surface area contributed by atoms with Gasteiger partial charge in [-0.1, -0.05) is 19.8 Å². The lowest BCUT2D eigenvalue weighted by molar-refractivity contribution is 0.432. The third-order valence-electron chi connectivity index (χ3n) is 1.46. The standard InChI is InChI=1S/C8H15N/c1-4-5-6-8(2,3)7-9/h4-6H2,1-3H3. The Kier molecular flexibility index (Phi) is 3.30. The highest BCUT2D eigenvalue weighted by Gasteiger charge is 2.14. The minimum atomic E-state index is -0.101. The number of rotatable bonds is 3. The van der Waals surface area contributed by atoms with Gasteiger partial charge in [0.25, 0.3) is 0 Å². The summed E-state index contributed by atoms with van der Waals surface area (Å²) in [4.78, 5) is 0. The first-order chi connectivity index (χ1) is 4.12. The number of hydrogen-bond donors (Lipinski definition) is 0. The van der Waals surface area contributed by atoms with Crippen molar-refractivity contribution in [3.8, 4) is 6.07 Å². The monoisotopic (exact) mass is 125 g/mol. The molecule has 1 heteroatoms. The number of unbranched alkanes of at least 4 members (excludes halogenated alkanes) is 1. The molecule has 0 saturated heterocycles. The normalized spacial score (nSPS) is 10.9. The van der Waals surface area contributed by atoms with Gasteiger partial charge in [0, 0.05) is 0 Å². The van der Waals surface area contributed by atoms with Gasteiger partial charge in [-0.05, 0) is 20.3 Å². The van der Waals surface area contributed by atoms with Crippen LogP contribution in [0.15, 0.2) is 0 Å². The van der Waals surface area contributed by atoms with Crippen LogP contribution in [0.3, 0.4) is 0 Å². The minimum absolute atomic E-state index is 0.101. The molecule has 0 heterocycles. The zero-order valence-corrected chi connectivity index (χ0v) is 6.57. The van der Waals surface area contributed by atoms with Crippen LogP contribution in [0.4, 0.5) is 0 Å². The maximum Gasteiger partial charge on any atom is 0.0683 e. The van der Waals surface area contributed by atoms with Gasteiger partial charge in [-0.3, -0.25) is 0 Å². The van der Waals surface area contributed by atoms with Crippen molar-refractivity contribution in [2.75, 3.05) is 0 Å². The van der Waals surface area contributed by atoms with E-state index in [0.29, 0.717) is 0 Å². The van der Waals surface area contributed by atoms with Crippen LogP contribution in [-0.4, -0.2) is 0 Å². The Labute approximate surface area is 57.7 Å². The van der Waals surface area contributed by atoms with E-state index in [0.717, 1.165) is 6.42 Å². The lowest BCUT2D eigenvalue weighted by Gasteiger charge is -2.12. The summed E-state index contributed by atoms with van der Waals surface area (Å²) in [5, 5.41) is 8.57. The molecule has 0 rings (SSSR count). The highest BCUT2D eigenvalue weighted by Crippen LogP contribution is 2.20. The van der Waals surface area contributed by atoms with E-state index in [2.05, 4.69) is 13.0 Å². The fourth-order valence-corrected chi connectivity index (χ4v) is 0.675. The molecule has 0 bridgehead atoms. The molecule has 0 spiro atoms. The van der Waals surface area contributed by atoms with E-state index in [1.807, 2.05) is 13.8 Å². The molecule has 0 aromatic heterocycles. The zero-order chi connectivity index (χ0) is 7.33. The van der Waals surface area contributed by atoms with Gasteiger partial charge in [-0.15, -0.1) is 0 Å². The molecule has 0 atom stereocenters. The summed E-state index contributed by atoms with van der Waals surface area (Å²) in [7, 11) is 0. The van der Waals surface area contributed by atoms with E-state index in [9.17, 15) is 0 Å². The van der Waals surface area contributed by atoms with Gasteiger partial charge in [0.05, 0.1) is 11.5 Å². The topological polar surface area (TPSA) is 23.8 Å². The van der Waals surface area contributed by atoms with Gasteiger partial charge in [-0.25, -0.2) is 0 Å². The van der Waals surface area contributed by atoms with Crippen LogP contribution >= 0.6 is 0 Å². The molecule has 9 heavy (non-hydrogen) atoms. The maximum absolute atomic E-state index is 8.57. The Morgan fingerprint density at radius 3 is 2.33 bits per heavy atom. The first-order valence-electron chi connectivity index (χ1n) is 3.53. The Balaban J connectivity index is 3.49. The van der Waals surface area contributed by atoms with E-state index >= 15 is 0 Å². The summed E-state index contributed by atoms with van der Waals surface area (Å²) >= 11 is 0. The molecular weight excluding hydrogens is 110 g/mol. The van der Waals surface area contributed by atoms with Crippen molar-refractivity contribution < 1.29 is 0 Å². The predicted octanol–water partition coefficient (Wildman–Crippen LogP) is 2.73. The summed E-state index contributed by atoms with van der Waals surface area (Å²) in [5.41, 5.74) is -0.101. The minimum Gasteiger partial charge on any atom is -0.198 e. The van der Waals surface area contributed by atoms with Crippen molar-refractivity contribution in [3.05, 3.63) is 0 Å². The highest BCUT2D eigenvalue weighted by molar-refractivity contribution is 4.90. The second-order valence-electron chi connectivity index (χ2n) is 3.10. The van der Waals surface area contributed by atoms with Crippen LogP contribution in [0.5, 0.6) is 0 Å². The van der Waals surface area contributed by atoms with Crippen LogP contribution in [0, 0.1) is 16.7 Å². The van der Waals surface area contributed by atoms with Gasteiger partial charge < -0.3 is 0 Å². The van der Waals surface area contributed by atoms with Crippen LogP contribution < -0.4 is 0 Å². The van der Waals surface area contributed by atoms with Crippen LogP contribution in [-0.2, 0) is 0 Å². The Bertz CT molecular complexity index is 108. The van der Waals surface area contributed by atoms with Crippen molar-refractivity contribution in [2.24, 2.45) is 5.41 Å². The van der Waals surface area contributed by atoms with Gasteiger partial charge in [0.2, 0.25) is 0 Å². The van der Waals surface area contributed by atoms with Crippen molar-refractivity contribution >= 4 is 0 Å². The van der Waals surface area contributed by atoms with Gasteiger partial charge >= 0.3 is 0 Å². The fourth-order valence-electron chi connectivity index (χ4n) is 0.675. The summed E-state index contributed by atoms with van der Waals surface area (Å²) in [6.07, 6.45) is 3.38. The summed E-state index contributed by atoms with van der Waals surface area (Å²) in [5.74, 6) is 0. The molecule has 0 N–H and O–H groups in total. The van der Waals surface area contributed by atoms with Crippen LogP contribution in [0.1, 0.15) is 40.0 Å². The first-order valence-corrected chi connectivity index (χ1v) is 3.53. The largest absolute Gasteiger partial charge is 0.198 e. The van der Waals surface area contributed by atoms with Crippen molar-refractivity contribution in [1.82, 2.24) is 0 Å². The molecule has 1 nitrogen and oxygen atoms in total. The molecule has 0 aliphatic carbocycles. The van der Waals surface area contributed by atoms with Gasteiger partial charge in [-0.2, -0.15) is 5.26 Å². The first kappa shape index (κ1) is 8.49. The second-order valence-corrected chi connectivity index (χ2v) is 3.10. The van der Waals surface area contributed by atoms with Gasteiger partial charge in [0.1, 0.15) is 0 Å². The molecule has 0 unspecified atom stereocenters. The maximum atomic E-state index is 8.57. The van der Waals surface area contributed by atoms with Gasteiger partial charge in [0.15, 0.2) is 0 Å². The molecule has 0 aromatic rings. The molecule has 0 fully saturated rings. The smallest absolute Gasteiger partial charge is 0.0683 e. The van der Waals surface area contributed by atoms with Crippen molar-refractivity contribution in [3.63, 3.8) is 0 Å². The highest BCUT2D eigenvalue weighted by atomic mass is 14.3. The lowest BCUT2D eigenvalue weighted by atomic mass is 9.89. The van der Waals surface area contributed by atoms with E-state index in [1.165, 1.54) is 12.8 Å². The molecule has 0 aromatic carbocycles. The fraction of sp³-hybridized carbons (Fsp3) is 0.875. The molecule has 0 amide bonds. The van der Waals surface area contributed by atoms with E-state index in [-0.39, 0.29) is 5.41 Å². The Morgan fingerprint density at radius 2 is 2.00 bits per heavy atom. The average Bonchev–Trinajstić information content (AvgIpc) is 1.84. The second kappa shape index (κ2) is 3.50. The number of hydrogen-bond acceptors (Lipinski definition) is 1. The molecule has 52 valence electrons. The Hall–Kier alpha value is -0.510. The predicted molar refractivity (Wildman–Crippen MR) is 38.9 cm³/mol. The average molecular weight is 125 g/mol. The molecule has 0 radical (unpaired) electrons. The van der Waals surface area contributed by atoms with E-state index in [4.69, 9.17) is 5.26 Å². The number of nitrogens with zero attached hydrogens (tertiary/aromatic N) is 1. The molecule has 0 saturated carbocycles. The number of nitriles is 1.